The number of methoxy groups -OCH3 is 1. The Morgan fingerprint density at radius 3 is 2.71 bits per heavy atom. The van der Waals surface area contributed by atoms with Gasteiger partial charge in [-0.1, -0.05) is 34.1 Å². The summed E-state index contributed by atoms with van der Waals surface area (Å²) < 4.78 is 6.47. The van der Waals surface area contributed by atoms with Gasteiger partial charge in [0.15, 0.2) is 0 Å². The topological polar surface area (TPSA) is 21.3 Å². The van der Waals surface area contributed by atoms with Gasteiger partial charge in [0.2, 0.25) is 0 Å². The van der Waals surface area contributed by atoms with E-state index < -0.39 is 0 Å². The lowest BCUT2D eigenvalue weighted by Gasteiger charge is -2.23. The molecule has 1 saturated carbocycles. The van der Waals surface area contributed by atoms with Crippen molar-refractivity contribution in [1.29, 1.82) is 0 Å². The van der Waals surface area contributed by atoms with Crippen molar-refractivity contribution >= 4 is 15.9 Å². The van der Waals surface area contributed by atoms with Crippen LogP contribution in [0.4, 0.5) is 0 Å². The van der Waals surface area contributed by atoms with Crippen LogP contribution < -0.4 is 5.32 Å². The summed E-state index contributed by atoms with van der Waals surface area (Å²) in [4.78, 5) is 0. The third-order valence-corrected chi connectivity index (χ3v) is 4.10. The first-order chi connectivity index (χ1) is 8.22. The fraction of sp³-hybridized carbons (Fsp3) is 0.571. The smallest absolute Gasteiger partial charge is 0.0618 e. The number of halogens is 1. The van der Waals surface area contributed by atoms with Gasteiger partial charge in [0.25, 0.3) is 0 Å². The maximum absolute atomic E-state index is 5.30. The minimum atomic E-state index is 0.353. The van der Waals surface area contributed by atoms with E-state index in [1.807, 2.05) is 6.07 Å². The molecular weight excluding hydrogens is 278 g/mol. The highest BCUT2D eigenvalue weighted by Gasteiger charge is 2.32. The van der Waals surface area contributed by atoms with E-state index in [2.05, 4.69) is 46.4 Å². The normalized spacial score (nSPS) is 19.0. The standard InChI is InChI=1S/C14H20BrNO/c1-10(12-5-3-4-6-13(12)15)16-14(9-17-2)11-7-8-11/h3-6,10-11,14,16H,7-9H2,1-2H3. The van der Waals surface area contributed by atoms with E-state index in [4.69, 9.17) is 4.74 Å². The molecule has 1 aliphatic carbocycles. The summed E-state index contributed by atoms with van der Waals surface area (Å²) in [5.41, 5.74) is 1.31. The van der Waals surface area contributed by atoms with Crippen LogP contribution in [0.25, 0.3) is 0 Å². The van der Waals surface area contributed by atoms with Gasteiger partial charge >= 0.3 is 0 Å². The first-order valence-corrected chi connectivity index (χ1v) is 7.01. The highest BCUT2D eigenvalue weighted by Crippen LogP contribution is 2.34. The number of hydrogen-bond acceptors (Lipinski definition) is 2. The van der Waals surface area contributed by atoms with Gasteiger partial charge in [0.1, 0.15) is 0 Å². The lowest BCUT2D eigenvalue weighted by molar-refractivity contribution is 0.152. The van der Waals surface area contributed by atoms with Crippen LogP contribution in [-0.4, -0.2) is 19.8 Å². The Bertz CT molecular complexity index is 365. The third kappa shape index (κ3) is 3.54. The van der Waals surface area contributed by atoms with Crippen LogP contribution in [0.15, 0.2) is 28.7 Å². The summed E-state index contributed by atoms with van der Waals surface area (Å²) in [5.74, 6) is 0.805. The van der Waals surface area contributed by atoms with Crippen LogP contribution in [-0.2, 0) is 4.74 Å². The quantitative estimate of drug-likeness (QED) is 0.867. The number of nitrogens with one attached hydrogen (secondary N) is 1. The highest BCUT2D eigenvalue weighted by atomic mass is 79.9. The highest BCUT2D eigenvalue weighted by molar-refractivity contribution is 9.10. The van der Waals surface area contributed by atoms with E-state index in [9.17, 15) is 0 Å². The van der Waals surface area contributed by atoms with Crippen molar-refractivity contribution in [3.05, 3.63) is 34.3 Å². The van der Waals surface area contributed by atoms with Gasteiger partial charge in [-0.15, -0.1) is 0 Å². The summed E-state index contributed by atoms with van der Waals surface area (Å²) >= 11 is 3.61. The molecule has 0 bridgehead atoms. The van der Waals surface area contributed by atoms with E-state index in [0.717, 1.165) is 12.5 Å². The number of ether oxygens (including phenoxy) is 1. The second-order valence-electron chi connectivity index (χ2n) is 4.81. The minimum Gasteiger partial charge on any atom is -0.383 e. The summed E-state index contributed by atoms with van der Waals surface area (Å²) in [7, 11) is 1.78. The van der Waals surface area contributed by atoms with Gasteiger partial charge in [0, 0.05) is 23.7 Å². The molecule has 0 heterocycles. The predicted molar refractivity (Wildman–Crippen MR) is 74.1 cm³/mol. The lowest BCUT2D eigenvalue weighted by atomic mass is 10.1. The van der Waals surface area contributed by atoms with Crippen molar-refractivity contribution < 1.29 is 4.74 Å². The Hall–Kier alpha value is -0.380. The molecule has 2 nitrogen and oxygen atoms in total. The zero-order valence-corrected chi connectivity index (χ0v) is 12.0. The van der Waals surface area contributed by atoms with Crippen LogP contribution in [0.5, 0.6) is 0 Å². The molecule has 1 aromatic rings. The summed E-state index contributed by atoms with van der Waals surface area (Å²) in [6, 6.07) is 9.23. The molecule has 0 spiro atoms. The molecule has 1 aliphatic rings. The molecule has 2 atom stereocenters. The van der Waals surface area contributed by atoms with Gasteiger partial charge in [-0.3, -0.25) is 0 Å². The van der Waals surface area contributed by atoms with Crippen molar-refractivity contribution in [2.75, 3.05) is 13.7 Å². The van der Waals surface area contributed by atoms with Crippen molar-refractivity contribution in [3.8, 4) is 0 Å². The molecule has 0 aromatic heterocycles. The van der Waals surface area contributed by atoms with E-state index >= 15 is 0 Å². The first-order valence-electron chi connectivity index (χ1n) is 6.21. The van der Waals surface area contributed by atoms with Crippen molar-refractivity contribution in [1.82, 2.24) is 5.32 Å². The predicted octanol–water partition coefficient (Wildman–Crippen LogP) is 3.52. The maximum Gasteiger partial charge on any atom is 0.0618 e. The van der Waals surface area contributed by atoms with Gasteiger partial charge in [-0.05, 0) is 37.3 Å². The molecule has 0 amide bonds. The molecule has 17 heavy (non-hydrogen) atoms. The van der Waals surface area contributed by atoms with E-state index in [-0.39, 0.29) is 0 Å². The van der Waals surface area contributed by atoms with Gasteiger partial charge in [0.05, 0.1) is 6.61 Å². The van der Waals surface area contributed by atoms with E-state index in [0.29, 0.717) is 12.1 Å². The van der Waals surface area contributed by atoms with Gasteiger partial charge in [-0.2, -0.15) is 0 Å². The molecule has 1 N–H and O–H groups in total. The summed E-state index contributed by atoms with van der Waals surface area (Å²) in [6.45, 7) is 3.02. The zero-order chi connectivity index (χ0) is 12.3. The Morgan fingerprint density at radius 1 is 1.41 bits per heavy atom. The van der Waals surface area contributed by atoms with E-state index in [1.165, 1.54) is 22.9 Å². The molecule has 0 aliphatic heterocycles. The lowest BCUT2D eigenvalue weighted by Crippen LogP contribution is -2.37. The Morgan fingerprint density at radius 2 is 2.12 bits per heavy atom. The Balaban J connectivity index is 1.99. The molecule has 0 saturated heterocycles. The van der Waals surface area contributed by atoms with Crippen molar-refractivity contribution in [2.24, 2.45) is 5.92 Å². The molecule has 0 radical (unpaired) electrons. The molecule has 1 fully saturated rings. The molecular formula is C14H20BrNO. The summed E-state index contributed by atoms with van der Waals surface area (Å²) in [5, 5.41) is 3.68. The second-order valence-corrected chi connectivity index (χ2v) is 5.66. The first kappa shape index (κ1) is 13.1. The average molecular weight is 298 g/mol. The SMILES string of the molecule is COCC(NC(C)c1ccccc1Br)C1CC1. The van der Waals surface area contributed by atoms with Crippen LogP contribution in [0, 0.1) is 5.92 Å². The zero-order valence-electron chi connectivity index (χ0n) is 10.4. The molecule has 2 unspecified atom stereocenters. The molecule has 2 rings (SSSR count). The second kappa shape index (κ2) is 5.98. The van der Waals surface area contributed by atoms with Crippen molar-refractivity contribution in [3.63, 3.8) is 0 Å². The fourth-order valence-corrected chi connectivity index (χ4v) is 2.86. The number of rotatable bonds is 6. The minimum absolute atomic E-state index is 0.353. The molecule has 3 heteroatoms. The van der Waals surface area contributed by atoms with Crippen LogP contribution >= 0.6 is 15.9 Å². The average Bonchev–Trinajstić information content (AvgIpc) is 3.12. The van der Waals surface area contributed by atoms with Gasteiger partial charge < -0.3 is 10.1 Å². The molecule has 1 aromatic carbocycles. The van der Waals surface area contributed by atoms with E-state index in [1.54, 1.807) is 7.11 Å². The largest absolute Gasteiger partial charge is 0.383 e. The van der Waals surface area contributed by atoms with Crippen LogP contribution in [0.1, 0.15) is 31.4 Å². The fourth-order valence-electron chi connectivity index (χ4n) is 2.24. The van der Waals surface area contributed by atoms with Crippen LogP contribution in [0.3, 0.4) is 0 Å². The van der Waals surface area contributed by atoms with Gasteiger partial charge in [-0.25, -0.2) is 0 Å². The number of benzene rings is 1. The summed E-state index contributed by atoms with van der Waals surface area (Å²) in [6.07, 6.45) is 2.67. The van der Waals surface area contributed by atoms with Crippen molar-refractivity contribution in [2.45, 2.75) is 31.8 Å². The molecule has 94 valence electrons. The Labute approximate surface area is 112 Å². The maximum atomic E-state index is 5.30. The monoisotopic (exact) mass is 297 g/mol. The number of hydrogen-bond donors (Lipinski definition) is 1. The Kier molecular flexibility index (Phi) is 4.60. The third-order valence-electron chi connectivity index (χ3n) is 3.37. The van der Waals surface area contributed by atoms with Crippen LogP contribution in [0.2, 0.25) is 0 Å².